The van der Waals surface area contributed by atoms with Crippen molar-refractivity contribution in [3.8, 4) is 23.6 Å². The molecule has 5 aromatic carbocycles. The maximum atomic E-state index is 14.0. The van der Waals surface area contributed by atoms with Gasteiger partial charge in [0, 0.05) is 16.7 Å². The highest BCUT2D eigenvalue weighted by Gasteiger charge is 2.54. The fourth-order valence-corrected chi connectivity index (χ4v) is 10.9. The molecule has 2 aromatic heterocycles. The summed E-state index contributed by atoms with van der Waals surface area (Å²) in [7, 11) is 0. The Morgan fingerprint density at radius 3 is 1.61 bits per heavy atom. The molecule has 1 spiro atoms. The van der Waals surface area contributed by atoms with Crippen LogP contribution in [0.5, 0.6) is 11.5 Å². The quantitative estimate of drug-likeness (QED) is 0.0794. The van der Waals surface area contributed by atoms with Crippen LogP contribution < -0.4 is 4.74 Å². The van der Waals surface area contributed by atoms with Crippen molar-refractivity contribution in [2.24, 2.45) is 0 Å². The lowest BCUT2D eigenvalue weighted by Gasteiger charge is -2.38. The first kappa shape index (κ1) is 38.6. The molecule has 2 unspecified atom stereocenters. The van der Waals surface area contributed by atoms with Crippen molar-refractivity contribution in [2.75, 3.05) is 0 Å². The van der Waals surface area contributed by atoms with Crippen molar-refractivity contribution in [1.82, 2.24) is 9.97 Å². The van der Waals surface area contributed by atoms with Gasteiger partial charge in [-0.2, -0.15) is 10.5 Å². The van der Waals surface area contributed by atoms with Gasteiger partial charge in [0.05, 0.1) is 38.1 Å². The van der Waals surface area contributed by atoms with Gasteiger partial charge in [-0.15, -0.1) is 22.7 Å². The predicted octanol–water partition coefficient (Wildman–Crippen LogP) is 13.0. The third-order valence-corrected chi connectivity index (χ3v) is 14.0. The zero-order chi connectivity index (χ0) is 40.5. The minimum Gasteiger partial charge on any atom is -0.456 e. The SMILES string of the molecule is CCCCCCc1cc2c(cc1C(C#N)c1nc3ccccc3s1)Oc1cc(C(C#N)c3nc4ccccc4s3)c(CCCCCC)cc1C21OC(=O)c2ccccc21. The van der Waals surface area contributed by atoms with Crippen molar-refractivity contribution in [3.63, 3.8) is 0 Å². The van der Waals surface area contributed by atoms with Gasteiger partial charge in [0.2, 0.25) is 0 Å². The van der Waals surface area contributed by atoms with Crippen LogP contribution >= 0.6 is 22.7 Å². The molecule has 7 aromatic rings. The Labute approximate surface area is 352 Å². The molecule has 0 aliphatic carbocycles. The first-order chi connectivity index (χ1) is 29.0. The summed E-state index contributed by atoms with van der Waals surface area (Å²) in [6.45, 7) is 4.41. The van der Waals surface area contributed by atoms with E-state index < -0.39 is 23.4 Å². The van der Waals surface area contributed by atoms with Crippen LogP contribution in [0, 0.1) is 22.7 Å². The zero-order valence-electron chi connectivity index (χ0n) is 33.3. The number of aryl methyl sites for hydroxylation is 2. The van der Waals surface area contributed by atoms with Gasteiger partial charge in [0.15, 0.2) is 5.60 Å². The summed E-state index contributed by atoms with van der Waals surface area (Å²) in [4.78, 5) is 23.9. The number of carbonyl (C=O) groups is 1. The molecule has 0 saturated carbocycles. The molecule has 2 aliphatic heterocycles. The smallest absolute Gasteiger partial charge is 0.340 e. The summed E-state index contributed by atoms with van der Waals surface area (Å²) in [6.07, 6.45) is 9.98. The minimum atomic E-state index is -1.31. The van der Waals surface area contributed by atoms with Gasteiger partial charge in [-0.25, -0.2) is 14.8 Å². The highest BCUT2D eigenvalue weighted by molar-refractivity contribution is 7.19. The molecule has 0 saturated heterocycles. The van der Waals surface area contributed by atoms with Crippen LogP contribution in [-0.4, -0.2) is 15.9 Å². The minimum absolute atomic E-state index is 0.393. The van der Waals surface area contributed by atoms with Crippen molar-refractivity contribution < 1.29 is 14.3 Å². The van der Waals surface area contributed by atoms with Crippen LogP contribution in [0.25, 0.3) is 20.4 Å². The van der Waals surface area contributed by atoms with Crippen LogP contribution in [0.2, 0.25) is 0 Å². The maximum absolute atomic E-state index is 14.0. The number of hydrogen-bond acceptors (Lipinski definition) is 9. The van der Waals surface area contributed by atoms with Crippen molar-refractivity contribution in [1.29, 1.82) is 10.5 Å². The van der Waals surface area contributed by atoms with Gasteiger partial charge in [-0.3, -0.25) is 0 Å². The van der Waals surface area contributed by atoms with E-state index in [9.17, 15) is 15.3 Å². The Hall–Kier alpha value is -5.87. The fourth-order valence-electron chi connectivity index (χ4n) is 8.88. The zero-order valence-corrected chi connectivity index (χ0v) is 34.9. The predicted molar refractivity (Wildman–Crippen MR) is 235 cm³/mol. The number of para-hydroxylation sites is 2. The number of fused-ring (bicyclic) bond motifs is 8. The highest BCUT2D eigenvalue weighted by Crippen LogP contribution is 2.58. The number of carbonyl (C=O) groups excluding carboxylic acids is 1. The van der Waals surface area contributed by atoms with Gasteiger partial charge in [0.1, 0.15) is 33.4 Å². The van der Waals surface area contributed by atoms with Crippen LogP contribution in [-0.2, 0) is 23.2 Å². The Balaban J connectivity index is 1.26. The second kappa shape index (κ2) is 16.4. The lowest BCUT2D eigenvalue weighted by molar-refractivity contribution is 0.0223. The summed E-state index contributed by atoms with van der Waals surface area (Å²) < 4.78 is 15.8. The normalized spacial score (nSPS) is 16.2. The molecule has 294 valence electrons. The van der Waals surface area contributed by atoms with Crippen molar-refractivity contribution in [2.45, 2.75) is 95.5 Å². The number of benzene rings is 5. The largest absolute Gasteiger partial charge is 0.456 e. The van der Waals surface area contributed by atoms with Crippen LogP contribution in [0.15, 0.2) is 97.1 Å². The van der Waals surface area contributed by atoms with Gasteiger partial charge < -0.3 is 9.47 Å². The second-order valence-corrected chi connectivity index (χ2v) is 17.7. The Bertz CT molecular complexity index is 2580. The third-order valence-electron chi connectivity index (χ3n) is 11.8. The van der Waals surface area contributed by atoms with Crippen molar-refractivity contribution in [3.05, 3.63) is 152 Å². The number of ether oxygens (including phenoxy) is 2. The number of hydrogen-bond donors (Lipinski definition) is 0. The number of nitrogens with zero attached hydrogens (tertiary/aromatic N) is 4. The molecular formula is C50H44N4O3S2. The van der Waals surface area contributed by atoms with Crippen LogP contribution in [0.1, 0.15) is 136 Å². The van der Waals surface area contributed by atoms with E-state index >= 15 is 0 Å². The standard InChI is InChI=1S/C50H44N4O3S2/c1-3-5-7-9-17-31-25-39-43(27-34(31)36(29-51)47-53-41-21-13-15-23-45(41)58-47)56-44-28-35(37(30-52)48-54-42-22-14-16-24-46(42)59-48)32(18-10-8-6-4-2)26-40(44)50(39)38-20-12-11-19-33(38)49(55)57-50/h11-16,19-28,36-37H,3-10,17-18H2,1-2H3. The Morgan fingerprint density at radius 2 is 1.12 bits per heavy atom. The van der Waals surface area contributed by atoms with Crippen LogP contribution in [0.4, 0.5) is 0 Å². The molecule has 0 radical (unpaired) electrons. The monoisotopic (exact) mass is 812 g/mol. The molecule has 0 bridgehead atoms. The number of thiazole rings is 2. The van der Waals surface area contributed by atoms with E-state index in [2.05, 4.69) is 38.1 Å². The molecule has 59 heavy (non-hydrogen) atoms. The van der Waals surface area contributed by atoms with E-state index in [-0.39, 0.29) is 0 Å². The Morgan fingerprint density at radius 1 is 0.627 bits per heavy atom. The second-order valence-electron chi connectivity index (χ2n) is 15.6. The molecular weight excluding hydrogens is 769 g/mol. The number of esters is 1. The molecule has 4 heterocycles. The maximum Gasteiger partial charge on any atom is 0.340 e. The number of aromatic nitrogens is 2. The number of unbranched alkanes of at least 4 members (excludes halogenated alkanes) is 6. The molecule has 9 rings (SSSR count). The van der Waals surface area contributed by atoms with Gasteiger partial charge in [-0.1, -0.05) is 94.8 Å². The first-order valence-electron chi connectivity index (χ1n) is 20.8. The van der Waals surface area contributed by atoms with Crippen molar-refractivity contribution >= 4 is 49.1 Å². The number of rotatable bonds is 14. The summed E-state index contributed by atoms with van der Waals surface area (Å²) in [5.74, 6) is -0.630. The van der Waals surface area contributed by atoms with Gasteiger partial charge in [-0.05, 0) is 103 Å². The average molecular weight is 813 g/mol. The summed E-state index contributed by atoms with van der Waals surface area (Å²) in [6, 6.07) is 37.1. The highest BCUT2D eigenvalue weighted by atomic mass is 32.1. The molecule has 2 aliphatic rings. The summed E-state index contributed by atoms with van der Waals surface area (Å²) in [5, 5.41) is 23.3. The molecule has 7 nitrogen and oxygen atoms in total. The Kier molecular flexibility index (Phi) is 10.7. The summed E-state index contributed by atoms with van der Waals surface area (Å²) >= 11 is 3.08. The number of nitriles is 2. The average Bonchev–Trinajstić information content (AvgIpc) is 3.97. The molecule has 2 atom stereocenters. The third kappa shape index (κ3) is 6.87. The van der Waals surface area contributed by atoms with E-state index in [0.29, 0.717) is 17.1 Å². The molecule has 0 amide bonds. The van der Waals surface area contributed by atoms with E-state index in [1.165, 1.54) is 22.7 Å². The summed E-state index contributed by atoms with van der Waals surface area (Å²) in [5.41, 5.74) is 6.92. The van der Waals surface area contributed by atoms with Crippen LogP contribution in [0.3, 0.4) is 0 Å². The van der Waals surface area contributed by atoms with Gasteiger partial charge >= 0.3 is 5.97 Å². The van der Waals surface area contributed by atoms with E-state index in [1.807, 2.05) is 84.9 Å². The lowest BCUT2D eigenvalue weighted by atomic mass is 9.74. The lowest BCUT2D eigenvalue weighted by Crippen LogP contribution is -2.34. The molecule has 0 fully saturated rings. The molecule has 9 heteroatoms. The fraction of sp³-hybridized carbons (Fsp3) is 0.300. The van der Waals surface area contributed by atoms with E-state index in [1.54, 1.807) is 0 Å². The van der Waals surface area contributed by atoms with E-state index in [4.69, 9.17) is 19.4 Å². The van der Waals surface area contributed by atoms with Gasteiger partial charge in [0.25, 0.3) is 0 Å². The molecule has 0 N–H and O–H groups in total. The van der Waals surface area contributed by atoms with E-state index in [0.717, 1.165) is 134 Å². The topological polar surface area (TPSA) is 109 Å². The first-order valence-corrected chi connectivity index (χ1v) is 22.5.